The lowest BCUT2D eigenvalue weighted by molar-refractivity contribution is 0.184. The summed E-state index contributed by atoms with van der Waals surface area (Å²) in [6.45, 7) is 0. The molecule has 1 saturated heterocycles. The minimum absolute atomic E-state index is 0.0251. The van der Waals surface area contributed by atoms with E-state index in [4.69, 9.17) is 18.9 Å². The van der Waals surface area contributed by atoms with Gasteiger partial charge in [-0.15, -0.1) is 0 Å². The van der Waals surface area contributed by atoms with Gasteiger partial charge in [0.2, 0.25) is 0 Å². The Morgan fingerprint density at radius 1 is 0.762 bits per heavy atom. The van der Waals surface area contributed by atoms with Crippen molar-refractivity contribution in [3.63, 3.8) is 0 Å². The van der Waals surface area contributed by atoms with Crippen molar-refractivity contribution in [2.75, 3.05) is 49.0 Å². The second-order valence-corrected chi connectivity index (χ2v) is 14.8. The van der Waals surface area contributed by atoms with Crippen molar-refractivity contribution in [1.82, 2.24) is 0 Å². The van der Waals surface area contributed by atoms with Gasteiger partial charge >= 0.3 is 0 Å². The molecule has 2 atom stereocenters. The van der Waals surface area contributed by atoms with Gasteiger partial charge in [-0.25, -0.2) is 25.3 Å². The Kier molecular flexibility index (Phi) is 8.82. The number of hydrogen-bond donors (Lipinski definition) is 2. The standard InChI is InChI=1S/C26H30N2O11S3/c1-36-19-9-11-23(38-3)25(13-19)41(32,33)27-17-5-7-18(8-6-17)28(21-15-40(30,31)16-22(21)29)42(34,35)26-14-20(37-2)10-12-24(26)39-4/h5-14,21-22,27,29H,15-16H2,1-4H3/t21-,22+/m0/s1. The van der Waals surface area contributed by atoms with E-state index in [9.17, 15) is 30.4 Å². The number of ether oxygens (including phenoxy) is 4. The first kappa shape index (κ1) is 31.2. The van der Waals surface area contributed by atoms with Gasteiger partial charge in [0.05, 0.1) is 57.8 Å². The number of sulfonamides is 2. The Labute approximate surface area is 244 Å². The maximum atomic E-state index is 14.1. The Balaban J connectivity index is 1.77. The molecular formula is C26H30N2O11S3. The van der Waals surface area contributed by atoms with Gasteiger partial charge in [-0.1, -0.05) is 0 Å². The summed E-state index contributed by atoms with van der Waals surface area (Å²) >= 11 is 0. The summed E-state index contributed by atoms with van der Waals surface area (Å²) in [5.41, 5.74) is 0.0439. The van der Waals surface area contributed by atoms with Crippen LogP contribution in [0.2, 0.25) is 0 Å². The van der Waals surface area contributed by atoms with Gasteiger partial charge in [0.15, 0.2) is 9.84 Å². The first-order valence-electron chi connectivity index (χ1n) is 12.3. The molecule has 1 fully saturated rings. The molecule has 0 aliphatic carbocycles. The maximum Gasteiger partial charge on any atom is 0.268 e. The number of rotatable bonds is 11. The number of benzene rings is 3. The molecule has 0 bridgehead atoms. The topological polar surface area (TPSA) is 175 Å². The molecule has 228 valence electrons. The van der Waals surface area contributed by atoms with Gasteiger partial charge in [0, 0.05) is 17.8 Å². The Morgan fingerprint density at radius 2 is 1.29 bits per heavy atom. The van der Waals surface area contributed by atoms with E-state index in [1.165, 1.54) is 89.1 Å². The van der Waals surface area contributed by atoms with Crippen LogP contribution >= 0.6 is 0 Å². The SMILES string of the molecule is COc1ccc(OC)c(S(=O)(=O)Nc2ccc(N([C@H]3CS(=O)(=O)C[C@H]3O)S(=O)(=O)c3cc(OC)ccc3OC)cc2)c1. The minimum Gasteiger partial charge on any atom is -0.497 e. The second-order valence-electron chi connectivity index (χ2n) is 9.20. The van der Waals surface area contributed by atoms with Crippen LogP contribution in [0.5, 0.6) is 23.0 Å². The first-order chi connectivity index (χ1) is 19.8. The number of aliphatic hydroxyl groups is 1. The summed E-state index contributed by atoms with van der Waals surface area (Å²) < 4.78 is 103. The van der Waals surface area contributed by atoms with Crippen molar-refractivity contribution in [1.29, 1.82) is 0 Å². The lowest BCUT2D eigenvalue weighted by Gasteiger charge is -2.32. The largest absolute Gasteiger partial charge is 0.497 e. The average molecular weight is 643 g/mol. The zero-order valence-corrected chi connectivity index (χ0v) is 25.5. The van der Waals surface area contributed by atoms with Crippen LogP contribution in [0.25, 0.3) is 0 Å². The Morgan fingerprint density at radius 3 is 1.76 bits per heavy atom. The zero-order chi connectivity index (χ0) is 30.9. The predicted octanol–water partition coefficient (Wildman–Crippen LogP) is 1.87. The van der Waals surface area contributed by atoms with Gasteiger partial charge in [-0.2, -0.15) is 0 Å². The molecule has 13 nitrogen and oxygen atoms in total. The number of anilines is 2. The van der Waals surface area contributed by atoms with Crippen molar-refractivity contribution in [2.24, 2.45) is 0 Å². The molecular weight excluding hydrogens is 612 g/mol. The molecule has 0 amide bonds. The first-order valence-corrected chi connectivity index (χ1v) is 17.0. The Hall–Kier alpha value is -3.73. The van der Waals surface area contributed by atoms with Gasteiger partial charge in [-0.05, 0) is 48.5 Å². The molecule has 0 saturated carbocycles. The average Bonchev–Trinajstić information content (AvgIpc) is 3.23. The van der Waals surface area contributed by atoms with Gasteiger partial charge in [-0.3, -0.25) is 9.03 Å². The zero-order valence-electron chi connectivity index (χ0n) is 23.0. The number of hydrogen-bond acceptors (Lipinski definition) is 11. The lowest BCUT2D eigenvalue weighted by Crippen LogP contribution is -2.47. The molecule has 2 N–H and O–H groups in total. The molecule has 1 heterocycles. The van der Waals surface area contributed by atoms with Crippen molar-refractivity contribution in [2.45, 2.75) is 21.9 Å². The highest BCUT2D eigenvalue weighted by Gasteiger charge is 2.45. The third-order valence-electron chi connectivity index (χ3n) is 6.54. The molecule has 1 aliphatic heterocycles. The molecule has 0 radical (unpaired) electrons. The number of aliphatic hydroxyl groups excluding tert-OH is 1. The van der Waals surface area contributed by atoms with Crippen LogP contribution in [0, 0.1) is 0 Å². The monoisotopic (exact) mass is 642 g/mol. The second kappa shape index (κ2) is 11.9. The highest BCUT2D eigenvalue weighted by atomic mass is 32.2. The van der Waals surface area contributed by atoms with Gasteiger partial charge in [0.1, 0.15) is 32.8 Å². The molecule has 4 rings (SSSR count). The van der Waals surface area contributed by atoms with E-state index in [1.54, 1.807) is 0 Å². The molecule has 3 aromatic rings. The number of nitrogens with one attached hydrogen (secondary N) is 1. The van der Waals surface area contributed by atoms with Crippen molar-refractivity contribution in [3.8, 4) is 23.0 Å². The highest BCUT2D eigenvalue weighted by Crippen LogP contribution is 2.37. The fourth-order valence-electron chi connectivity index (χ4n) is 4.52. The summed E-state index contributed by atoms with van der Waals surface area (Å²) in [6, 6.07) is 12.2. The summed E-state index contributed by atoms with van der Waals surface area (Å²) in [7, 11) is -7.19. The molecule has 0 spiro atoms. The summed E-state index contributed by atoms with van der Waals surface area (Å²) in [5, 5.41) is 10.7. The van der Waals surface area contributed by atoms with Crippen molar-refractivity contribution < 1.29 is 49.3 Å². The van der Waals surface area contributed by atoms with Crippen LogP contribution in [0.3, 0.4) is 0 Å². The summed E-state index contributed by atoms with van der Waals surface area (Å²) in [6.07, 6.45) is -1.53. The summed E-state index contributed by atoms with van der Waals surface area (Å²) in [5.74, 6) is -0.742. The van der Waals surface area contributed by atoms with Crippen molar-refractivity contribution in [3.05, 3.63) is 60.7 Å². The lowest BCUT2D eigenvalue weighted by atomic mass is 10.2. The van der Waals surface area contributed by atoms with Crippen LogP contribution in [-0.4, -0.2) is 82.5 Å². The molecule has 1 aliphatic rings. The van der Waals surface area contributed by atoms with Crippen molar-refractivity contribution >= 4 is 41.3 Å². The van der Waals surface area contributed by atoms with E-state index in [1.807, 2.05) is 0 Å². The highest BCUT2D eigenvalue weighted by molar-refractivity contribution is 7.93. The normalized spacial score (nSPS) is 18.2. The molecule has 42 heavy (non-hydrogen) atoms. The third-order valence-corrected chi connectivity index (χ3v) is 11.5. The number of sulfone groups is 1. The van der Waals surface area contributed by atoms with E-state index in [0.29, 0.717) is 0 Å². The van der Waals surface area contributed by atoms with E-state index >= 15 is 0 Å². The van der Waals surface area contributed by atoms with E-state index in [-0.39, 0.29) is 44.2 Å². The van der Waals surface area contributed by atoms with E-state index in [0.717, 1.165) is 4.31 Å². The van der Waals surface area contributed by atoms with Gasteiger partial charge < -0.3 is 24.1 Å². The molecule has 16 heteroatoms. The fourth-order valence-corrected chi connectivity index (χ4v) is 9.48. The van der Waals surface area contributed by atoms with Crippen LogP contribution in [0.4, 0.5) is 11.4 Å². The molecule has 3 aromatic carbocycles. The van der Waals surface area contributed by atoms with E-state index in [2.05, 4.69) is 4.72 Å². The van der Waals surface area contributed by atoms with Crippen LogP contribution in [-0.2, 0) is 29.9 Å². The van der Waals surface area contributed by atoms with Gasteiger partial charge in [0.25, 0.3) is 20.0 Å². The Bertz CT molecular complexity index is 1780. The third kappa shape index (κ3) is 6.21. The van der Waals surface area contributed by atoms with Crippen LogP contribution in [0.15, 0.2) is 70.5 Å². The molecule has 0 unspecified atom stereocenters. The van der Waals surface area contributed by atoms with Crippen LogP contribution < -0.4 is 28.0 Å². The fraction of sp³-hybridized carbons (Fsp3) is 0.308. The smallest absolute Gasteiger partial charge is 0.268 e. The number of nitrogens with zero attached hydrogens (tertiary/aromatic N) is 1. The van der Waals surface area contributed by atoms with Crippen LogP contribution in [0.1, 0.15) is 0 Å². The predicted molar refractivity (Wildman–Crippen MR) is 154 cm³/mol. The summed E-state index contributed by atoms with van der Waals surface area (Å²) in [4.78, 5) is -0.516. The maximum absolute atomic E-state index is 14.1. The molecule has 0 aromatic heterocycles. The number of methoxy groups -OCH3 is 4. The van der Waals surface area contributed by atoms with E-state index < -0.39 is 53.5 Å². The minimum atomic E-state index is -4.57. The quantitative estimate of drug-likeness (QED) is 0.312.